The Morgan fingerprint density at radius 1 is 0.812 bits per heavy atom. The van der Waals surface area contributed by atoms with Crippen LogP contribution in [0.25, 0.3) is 0 Å². The molecule has 0 unspecified atom stereocenters. The van der Waals surface area contributed by atoms with Gasteiger partial charge in [-0.05, 0) is 47.2 Å². The van der Waals surface area contributed by atoms with E-state index in [2.05, 4.69) is 43.0 Å². The number of para-hydroxylation sites is 1. The third-order valence-corrected chi connectivity index (χ3v) is 5.10. The molecule has 0 saturated heterocycles. The van der Waals surface area contributed by atoms with Gasteiger partial charge in [-0.25, -0.2) is 0 Å². The van der Waals surface area contributed by atoms with Crippen molar-refractivity contribution in [2.45, 2.75) is 52.1 Å². The molecular weight excluding hydrogens is 402 g/mol. The number of amides is 1. The van der Waals surface area contributed by atoms with E-state index in [4.69, 9.17) is 4.74 Å². The zero-order chi connectivity index (χ0) is 23.1. The first-order chi connectivity index (χ1) is 15.4. The van der Waals surface area contributed by atoms with Crippen LogP contribution in [0.15, 0.2) is 67.0 Å². The molecule has 2 aromatic heterocycles. The number of anilines is 1. The first-order valence-corrected chi connectivity index (χ1v) is 10.8. The summed E-state index contributed by atoms with van der Waals surface area (Å²) in [5.41, 5.74) is 3.95. The minimum absolute atomic E-state index is 0.230. The quantitative estimate of drug-likeness (QED) is 0.382. The van der Waals surface area contributed by atoms with Crippen LogP contribution in [0.5, 0.6) is 0 Å². The van der Waals surface area contributed by atoms with Gasteiger partial charge in [-0.1, -0.05) is 58.0 Å². The molecular formula is C26H29N3O3. The largest absolute Gasteiger partial charge is 0.449 e. The number of carbonyl (C=O) groups excluding carboxylic acids is 2. The first kappa shape index (κ1) is 23.1. The van der Waals surface area contributed by atoms with Crippen molar-refractivity contribution in [3.63, 3.8) is 0 Å². The van der Waals surface area contributed by atoms with E-state index in [1.807, 2.05) is 30.3 Å². The first-order valence-electron chi connectivity index (χ1n) is 10.8. The van der Waals surface area contributed by atoms with E-state index in [1.54, 1.807) is 36.7 Å². The molecule has 166 valence electrons. The molecule has 3 rings (SSSR count). The van der Waals surface area contributed by atoms with E-state index >= 15 is 0 Å². The average molecular weight is 432 g/mol. The van der Waals surface area contributed by atoms with Gasteiger partial charge in [-0.2, -0.15) is 0 Å². The molecule has 0 aliphatic heterocycles. The molecule has 6 heteroatoms. The lowest BCUT2D eigenvalue weighted by molar-refractivity contribution is -0.149. The van der Waals surface area contributed by atoms with Crippen LogP contribution in [-0.2, 0) is 14.3 Å². The summed E-state index contributed by atoms with van der Waals surface area (Å²) >= 11 is 0. The molecule has 0 spiro atoms. The number of nitrogens with one attached hydrogen (secondary N) is 1. The van der Waals surface area contributed by atoms with Gasteiger partial charge in [-0.3, -0.25) is 19.6 Å². The number of pyridine rings is 2. The summed E-state index contributed by atoms with van der Waals surface area (Å²) in [6, 6.07) is 16.7. The van der Waals surface area contributed by atoms with Crippen LogP contribution in [0, 0.1) is 0 Å². The van der Waals surface area contributed by atoms with Gasteiger partial charge >= 0.3 is 5.97 Å². The van der Waals surface area contributed by atoms with Crippen molar-refractivity contribution in [2.24, 2.45) is 0 Å². The van der Waals surface area contributed by atoms with Crippen molar-refractivity contribution in [1.82, 2.24) is 9.97 Å². The molecule has 6 nitrogen and oxygen atoms in total. The Hall–Kier alpha value is -3.54. The van der Waals surface area contributed by atoms with Crippen LogP contribution in [-0.4, -0.2) is 21.8 Å². The minimum Gasteiger partial charge on any atom is -0.449 e. The van der Waals surface area contributed by atoms with Crippen molar-refractivity contribution >= 4 is 17.6 Å². The van der Waals surface area contributed by atoms with Crippen LogP contribution in [0.4, 0.5) is 5.69 Å². The Kier molecular flexibility index (Phi) is 7.71. The number of esters is 1. The zero-order valence-corrected chi connectivity index (χ0v) is 18.9. The van der Waals surface area contributed by atoms with Gasteiger partial charge in [0.15, 0.2) is 6.10 Å². The number of nitrogens with zero attached hydrogens (tertiary/aromatic N) is 2. The SMILES string of the molecule is CC(C)c1cccc(C(C)C)c1NC(=O)CC(=O)OC(c1ccccn1)c1ccccn1. The molecule has 3 aromatic rings. The van der Waals surface area contributed by atoms with Gasteiger partial charge in [0, 0.05) is 18.1 Å². The average Bonchev–Trinajstić information content (AvgIpc) is 2.78. The number of benzene rings is 1. The maximum atomic E-state index is 12.8. The lowest BCUT2D eigenvalue weighted by Crippen LogP contribution is -2.22. The van der Waals surface area contributed by atoms with Crippen LogP contribution in [0.2, 0.25) is 0 Å². The van der Waals surface area contributed by atoms with Gasteiger partial charge in [0.2, 0.25) is 5.91 Å². The number of ether oxygens (including phenoxy) is 1. The van der Waals surface area contributed by atoms with E-state index in [0.29, 0.717) is 11.4 Å². The highest BCUT2D eigenvalue weighted by atomic mass is 16.5. The number of carbonyl (C=O) groups is 2. The van der Waals surface area contributed by atoms with Crippen LogP contribution >= 0.6 is 0 Å². The second-order valence-corrected chi connectivity index (χ2v) is 8.22. The van der Waals surface area contributed by atoms with Gasteiger partial charge in [0.25, 0.3) is 0 Å². The molecule has 1 amide bonds. The highest BCUT2D eigenvalue weighted by Gasteiger charge is 2.24. The van der Waals surface area contributed by atoms with Gasteiger partial charge in [0.05, 0.1) is 11.4 Å². The third kappa shape index (κ3) is 5.78. The molecule has 1 N–H and O–H groups in total. The number of aromatic nitrogens is 2. The monoisotopic (exact) mass is 431 g/mol. The Bertz CT molecular complexity index is 985. The van der Waals surface area contributed by atoms with Crippen LogP contribution in [0.1, 0.15) is 74.6 Å². The molecule has 32 heavy (non-hydrogen) atoms. The standard InChI is InChI=1S/C26H29N3O3/c1-17(2)19-10-9-11-20(18(3)4)25(19)29-23(30)16-24(31)32-26(21-12-5-7-14-27-21)22-13-6-8-15-28-22/h5-15,17-18,26H,16H2,1-4H3,(H,29,30). The molecule has 0 radical (unpaired) electrons. The fraction of sp³-hybridized carbons (Fsp3) is 0.308. The van der Waals surface area contributed by atoms with E-state index in [-0.39, 0.29) is 11.8 Å². The molecule has 0 saturated carbocycles. The predicted octanol–water partition coefficient (Wildman–Crippen LogP) is 5.38. The topological polar surface area (TPSA) is 81.2 Å². The molecule has 0 bridgehead atoms. The Morgan fingerprint density at radius 2 is 1.34 bits per heavy atom. The molecule has 0 fully saturated rings. The van der Waals surface area contributed by atoms with Gasteiger partial charge in [-0.15, -0.1) is 0 Å². The highest BCUT2D eigenvalue weighted by Crippen LogP contribution is 2.32. The van der Waals surface area contributed by atoms with Gasteiger partial charge < -0.3 is 10.1 Å². The fourth-order valence-corrected chi connectivity index (χ4v) is 3.52. The third-order valence-electron chi connectivity index (χ3n) is 5.10. The summed E-state index contributed by atoms with van der Waals surface area (Å²) in [4.78, 5) is 34.1. The van der Waals surface area contributed by atoms with E-state index in [9.17, 15) is 9.59 Å². The molecule has 1 aromatic carbocycles. The lowest BCUT2D eigenvalue weighted by atomic mass is 9.92. The normalized spacial score (nSPS) is 11.1. The molecule has 0 aliphatic carbocycles. The van der Waals surface area contributed by atoms with E-state index in [1.165, 1.54) is 0 Å². The van der Waals surface area contributed by atoms with Crippen LogP contribution < -0.4 is 5.32 Å². The molecule has 0 aliphatic rings. The van der Waals surface area contributed by atoms with Gasteiger partial charge in [0.1, 0.15) is 6.42 Å². The summed E-state index contributed by atoms with van der Waals surface area (Å²) in [6.07, 6.45) is 2.07. The summed E-state index contributed by atoms with van der Waals surface area (Å²) in [6.45, 7) is 8.31. The molecule has 0 atom stereocenters. The predicted molar refractivity (Wildman–Crippen MR) is 124 cm³/mol. The Balaban J connectivity index is 1.76. The minimum atomic E-state index is -0.785. The van der Waals surface area contributed by atoms with E-state index in [0.717, 1.165) is 16.8 Å². The second kappa shape index (κ2) is 10.7. The van der Waals surface area contributed by atoms with Crippen LogP contribution in [0.3, 0.4) is 0 Å². The maximum Gasteiger partial charge on any atom is 0.316 e. The maximum absolute atomic E-state index is 12.8. The van der Waals surface area contributed by atoms with Crippen molar-refractivity contribution < 1.29 is 14.3 Å². The van der Waals surface area contributed by atoms with E-state index < -0.39 is 24.4 Å². The number of hydrogen-bond donors (Lipinski definition) is 1. The fourth-order valence-electron chi connectivity index (χ4n) is 3.52. The Morgan fingerprint density at radius 3 is 1.78 bits per heavy atom. The lowest BCUT2D eigenvalue weighted by Gasteiger charge is -2.20. The number of rotatable bonds is 8. The second-order valence-electron chi connectivity index (χ2n) is 8.22. The summed E-state index contributed by atoms with van der Waals surface area (Å²) in [5.74, 6) is -0.593. The summed E-state index contributed by atoms with van der Waals surface area (Å²) in [5, 5.41) is 2.95. The van der Waals surface area contributed by atoms with Crippen molar-refractivity contribution in [1.29, 1.82) is 0 Å². The summed E-state index contributed by atoms with van der Waals surface area (Å²) < 4.78 is 5.66. The number of hydrogen-bond acceptors (Lipinski definition) is 5. The Labute approximate surface area is 189 Å². The highest BCUT2D eigenvalue weighted by molar-refractivity contribution is 6.02. The van der Waals surface area contributed by atoms with Crippen molar-refractivity contribution in [3.05, 3.63) is 89.5 Å². The zero-order valence-electron chi connectivity index (χ0n) is 18.9. The van der Waals surface area contributed by atoms with Crippen molar-refractivity contribution in [2.75, 3.05) is 5.32 Å². The summed E-state index contributed by atoms with van der Waals surface area (Å²) in [7, 11) is 0. The van der Waals surface area contributed by atoms with Crippen molar-refractivity contribution in [3.8, 4) is 0 Å². The molecule has 2 heterocycles. The smallest absolute Gasteiger partial charge is 0.316 e.